The first-order chi connectivity index (χ1) is 7.46. The van der Waals surface area contributed by atoms with E-state index in [1.807, 2.05) is 32.0 Å². The number of alkyl halides is 1. The van der Waals surface area contributed by atoms with Gasteiger partial charge in [0, 0.05) is 15.9 Å². The average Bonchev–Trinajstić information content (AvgIpc) is 2.17. The maximum atomic E-state index is 12.0. The van der Waals surface area contributed by atoms with Crippen molar-refractivity contribution >= 4 is 33.4 Å². The Bertz CT molecular complexity index is 379. The molecule has 0 aliphatic rings. The number of halogens is 2. The molecule has 4 heteroatoms. The minimum Gasteiger partial charge on any atom is -0.347 e. The summed E-state index contributed by atoms with van der Waals surface area (Å²) in [4.78, 5) is 12.0. The molecule has 0 aliphatic heterocycles. The number of hydrogen-bond acceptors (Lipinski definition) is 1. The lowest BCUT2D eigenvalue weighted by molar-refractivity contribution is 0.0911. The van der Waals surface area contributed by atoms with E-state index in [0.29, 0.717) is 11.4 Å². The largest absolute Gasteiger partial charge is 0.347 e. The second-order valence-electron chi connectivity index (χ2n) is 4.26. The summed E-state index contributed by atoms with van der Waals surface area (Å²) in [7, 11) is 0. The number of rotatable bonds is 4. The van der Waals surface area contributed by atoms with Gasteiger partial charge in [0.05, 0.1) is 5.56 Å². The Morgan fingerprint density at radius 2 is 2.06 bits per heavy atom. The number of amides is 1. The molecule has 2 nitrogen and oxygen atoms in total. The Labute approximate surface area is 110 Å². The molecule has 0 aliphatic carbocycles. The summed E-state index contributed by atoms with van der Waals surface area (Å²) in [6.45, 7) is 3.92. The van der Waals surface area contributed by atoms with Gasteiger partial charge in [-0.15, -0.1) is 11.6 Å². The fourth-order valence-corrected chi connectivity index (χ4v) is 2.26. The van der Waals surface area contributed by atoms with Gasteiger partial charge in [-0.3, -0.25) is 4.79 Å². The summed E-state index contributed by atoms with van der Waals surface area (Å²) in [5.74, 6) is 0.450. The highest BCUT2D eigenvalue weighted by atomic mass is 79.9. The molecule has 0 fully saturated rings. The molecule has 0 heterocycles. The van der Waals surface area contributed by atoms with Gasteiger partial charge < -0.3 is 5.32 Å². The van der Waals surface area contributed by atoms with Crippen molar-refractivity contribution in [2.45, 2.75) is 25.8 Å². The van der Waals surface area contributed by atoms with Crippen LogP contribution in [0.25, 0.3) is 0 Å². The van der Waals surface area contributed by atoms with Gasteiger partial charge in [-0.1, -0.05) is 12.1 Å². The van der Waals surface area contributed by atoms with Crippen molar-refractivity contribution in [2.75, 3.05) is 5.88 Å². The maximum absolute atomic E-state index is 12.0. The third kappa shape index (κ3) is 3.80. The topological polar surface area (TPSA) is 29.1 Å². The van der Waals surface area contributed by atoms with Gasteiger partial charge in [0.25, 0.3) is 5.91 Å². The smallest absolute Gasteiger partial charge is 0.252 e. The summed E-state index contributed by atoms with van der Waals surface area (Å²) >= 11 is 9.04. The zero-order chi connectivity index (χ0) is 12.2. The van der Waals surface area contributed by atoms with E-state index in [-0.39, 0.29) is 11.4 Å². The van der Waals surface area contributed by atoms with Crippen molar-refractivity contribution in [3.8, 4) is 0 Å². The quantitative estimate of drug-likeness (QED) is 0.846. The van der Waals surface area contributed by atoms with Crippen molar-refractivity contribution in [1.29, 1.82) is 0 Å². The predicted octanol–water partition coefficient (Wildman–Crippen LogP) is 3.59. The first kappa shape index (κ1) is 13.5. The SMILES string of the molecule is CC(C)(CCCl)NC(=O)c1ccccc1Br. The van der Waals surface area contributed by atoms with E-state index in [1.165, 1.54) is 0 Å². The van der Waals surface area contributed by atoms with Crippen LogP contribution in [0.1, 0.15) is 30.6 Å². The van der Waals surface area contributed by atoms with Gasteiger partial charge in [0.2, 0.25) is 0 Å². The van der Waals surface area contributed by atoms with E-state index in [9.17, 15) is 4.79 Å². The molecule has 0 saturated carbocycles. The van der Waals surface area contributed by atoms with E-state index in [4.69, 9.17) is 11.6 Å². The van der Waals surface area contributed by atoms with Crippen molar-refractivity contribution < 1.29 is 4.79 Å². The van der Waals surface area contributed by atoms with Gasteiger partial charge in [0.1, 0.15) is 0 Å². The van der Waals surface area contributed by atoms with Gasteiger partial charge in [0.15, 0.2) is 0 Å². The molecule has 1 aromatic carbocycles. The Kier molecular flexibility index (Phi) is 4.81. The lowest BCUT2D eigenvalue weighted by Gasteiger charge is -2.25. The van der Waals surface area contributed by atoms with E-state index >= 15 is 0 Å². The van der Waals surface area contributed by atoms with Gasteiger partial charge in [-0.25, -0.2) is 0 Å². The normalized spacial score (nSPS) is 11.2. The van der Waals surface area contributed by atoms with E-state index in [1.54, 1.807) is 6.07 Å². The summed E-state index contributed by atoms with van der Waals surface area (Å²) in [5.41, 5.74) is 0.360. The molecular formula is C12H15BrClNO. The van der Waals surface area contributed by atoms with Crippen LogP contribution in [0.2, 0.25) is 0 Å². The van der Waals surface area contributed by atoms with Crippen LogP contribution in [-0.2, 0) is 0 Å². The molecule has 88 valence electrons. The van der Waals surface area contributed by atoms with Crippen LogP contribution in [0.15, 0.2) is 28.7 Å². The standard InChI is InChI=1S/C12H15BrClNO/c1-12(2,7-8-14)15-11(16)9-5-3-4-6-10(9)13/h3-6H,7-8H2,1-2H3,(H,15,16). The second kappa shape index (κ2) is 5.69. The minimum absolute atomic E-state index is 0.0809. The average molecular weight is 305 g/mol. The van der Waals surface area contributed by atoms with Crippen molar-refractivity contribution in [2.24, 2.45) is 0 Å². The molecule has 0 atom stereocenters. The lowest BCUT2D eigenvalue weighted by Crippen LogP contribution is -2.43. The molecule has 16 heavy (non-hydrogen) atoms. The lowest BCUT2D eigenvalue weighted by atomic mass is 10.0. The van der Waals surface area contributed by atoms with Crippen LogP contribution in [-0.4, -0.2) is 17.3 Å². The Morgan fingerprint density at radius 1 is 1.44 bits per heavy atom. The van der Waals surface area contributed by atoms with Crippen LogP contribution < -0.4 is 5.32 Å². The molecule has 1 aromatic rings. The fourth-order valence-electron chi connectivity index (χ4n) is 1.32. The first-order valence-electron chi connectivity index (χ1n) is 5.09. The maximum Gasteiger partial charge on any atom is 0.252 e. The zero-order valence-electron chi connectivity index (χ0n) is 9.39. The minimum atomic E-state index is -0.284. The highest BCUT2D eigenvalue weighted by molar-refractivity contribution is 9.10. The third-order valence-corrected chi connectivity index (χ3v) is 3.17. The van der Waals surface area contributed by atoms with Gasteiger partial charge >= 0.3 is 0 Å². The summed E-state index contributed by atoms with van der Waals surface area (Å²) < 4.78 is 0.800. The van der Waals surface area contributed by atoms with Crippen LogP contribution >= 0.6 is 27.5 Å². The molecule has 0 aromatic heterocycles. The molecule has 0 unspecified atom stereocenters. The molecule has 0 spiro atoms. The molecule has 0 radical (unpaired) electrons. The highest BCUT2D eigenvalue weighted by Crippen LogP contribution is 2.17. The molecule has 0 saturated heterocycles. The Balaban J connectivity index is 2.77. The number of benzene rings is 1. The van der Waals surface area contributed by atoms with Crippen molar-refractivity contribution in [3.05, 3.63) is 34.3 Å². The molecule has 1 rings (SSSR count). The first-order valence-corrected chi connectivity index (χ1v) is 6.42. The number of carbonyl (C=O) groups excluding carboxylic acids is 1. The molecule has 1 amide bonds. The van der Waals surface area contributed by atoms with Crippen molar-refractivity contribution in [3.63, 3.8) is 0 Å². The van der Waals surface area contributed by atoms with Gasteiger partial charge in [-0.05, 0) is 48.3 Å². The molecular weight excluding hydrogens is 289 g/mol. The Morgan fingerprint density at radius 3 is 2.62 bits per heavy atom. The van der Waals surface area contributed by atoms with Gasteiger partial charge in [-0.2, -0.15) is 0 Å². The summed E-state index contributed by atoms with van der Waals surface area (Å²) in [5, 5.41) is 2.96. The third-order valence-electron chi connectivity index (χ3n) is 2.29. The molecule has 1 N–H and O–H groups in total. The van der Waals surface area contributed by atoms with Crippen molar-refractivity contribution in [1.82, 2.24) is 5.32 Å². The molecule has 0 bridgehead atoms. The second-order valence-corrected chi connectivity index (χ2v) is 5.49. The van der Waals surface area contributed by atoms with Crippen LogP contribution in [0.4, 0.5) is 0 Å². The number of hydrogen-bond donors (Lipinski definition) is 1. The number of nitrogens with one attached hydrogen (secondary N) is 1. The Hall–Kier alpha value is -0.540. The predicted molar refractivity (Wildman–Crippen MR) is 71.0 cm³/mol. The summed E-state index contributed by atoms with van der Waals surface area (Å²) in [6.07, 6.45) is 0.741. The monoisotopic (exact) mass is 303 g/mol. The van der Waals surface area contributed by atoms with E-state index < -0.39 is 0 Å². The zero-order valence-corrected chi connectivity index (χ0v) is 11.7. The van der Waals surface area contributed by atoms with E-state index in [2.05, 4.69) is 21.2 Å². The van der Waals surface area contributed by atoms with Crippen LogP contribution in [0.5, 0.6) is 0 Å². The number of carbonyl (C=O) groups is 1. The van der Waals surface area contributed by atoms with E-state index in [0.717, 1.165) is 10.9 Å². The highest BCUT2D eigenvalue weighted by Gasteiger charge is 2.21. The fraction of sp³-hybridized carbons (Fsp3) is 0.417. The summed E-state index contributed by atoms with van der Waals surface area (Å²) in [6, 6.07) is 7.36. The van der Waals surface area contributed by atoms with Crippen LogP contribution in [0, 0.1) is 0 Å². The van der Waals surface area contributed by atoms with Crippen LogP contribution in [0.3, 0.4) is 0 Å².